The zero-order valence-corrected chi connectivity index (χ0v) is 6.55. The summed E-state index contributed by atoms with van der Waals surface area (Å²) in [6.45, 7) is 2.78. The van der Waals surface area contributed by atoms with Gasteiger partial charge < -0.3 is 15.3 Å². The Kier molecular flexibility index (Phi) is 10.5. The summed E-state index contributed by atoms with van der Waals surface area (Å²) in [5, 5.41) is 23.6. The quantitative estimate of drug-likeness (QED) is 0.379. The van der Waals surface area contributed by atoms with Crippen LogP contribution in [-0.2, 0) is 4.79 Å². The normalized spacial score (nSPS) is 10.7. The van der Waals surface area contributed by atoms with Crippen molar-refractivity contribution in [3.8, 4) is 0 Å². The van der Waals surface area contributed by atoms with E-state index in [4.69, 9.17) is 15.3 Å². The Morgan fingerprint density at radius 3 is 2.00 bits per heavy atom. The van der Waals surface area contributed by atoms with E-state index in [1.54, 1.807) is 0 Å². The molecular formula is C5H11O4P. The maximum Gasteiger partial charge on any atom is 0.327 e. The zero-order valence-electron chi connectivity index (χ0n) is 5.40. The van der Waals surface area contributed by atoms with E-state index in [1.807, 2.05) is 9.24 Å². The van der Waals surface area contributed by atoms with Gasteiger partial charge in [-0.1, -0.05) is 6.58 Å². The molecule has 0 heterocycles. The van der Waals surface area contributed by atoms with Crippen molar-refractivity contribution in [1.29, 1.82) is 0 Å². The van der Waals surface area contributed by atoms with Gasteiger partial charge in [0.25, 0.3) is 0 Å². The predicted octanol–water partition coefficient (Wildman–Crippen LogP) is -0.571. The lowest BCUT2D eigenvalue weighted by atomic mass is 10.7. The van der Waals surface area contributed by atoms with Gasteiger partial charge in [0, 0.05) is 6.08 Å². The van der Waals surface area contributed by atoms with Gasteiger partial charge in [0.15, 0.2) is 0 Å². The summed E-state index contributed by atoms with van der Waals surface area (Å²) in [7, 11) is 2.04. The molecule has 0 radical (unpaired) electrons. The van der Waals surface area contributed by atoms with Crippen LogP contribution in [0.2, 0.25) is 0 Å². The van der Waals surface area contributed by atoms with Crippen LogP contribution in [0.15, 0.2) is 12.7 Å². The second-order valence-electron chi connectivity index (χ2n) is 1.29. The summed E-state index contributed by atoms with van der Waals surface area (Å²) in [6.07, 6.45) is 0.833. The van der Waals surface area contributed by atoms with Gasteiger partial charge in [-0.3, -0.25) is 0 Å². The molecule has 4 nitrogen and oxygen atoms in total. The number of aliphatic carboxylic acids is 1. The largest absolute Gasteiger partial charge is 0.478 e. The van der Waals surface area contributed by atoms with Gasteiger partial charge in [-0.05, 0) is 0 Å². The molecule has 0 bridgehead atoms. The first-order valence-electron chi connectivity index (χ1n) is 2.44. The van der Waals surface area contributed by atoms with Crippen molar-refractivity contribution in [2.24, 2.45) is 0 Å². The number of hydrogen-bond donors (Lipinski definition) is 3. The Bertz CT molecular complexity index is 102. The maximum absolute atomic E-state index is 9.25. The van der Waals surface area contributed by atoms with Gasteiger partial charge in [0.2, 0.25) is 0 Å². The third-order valence-electron chi connectivity index (χ3n) is 0.362. The highest BCUT2D eigenvalue weighted by Crippen LogP contribution is 1.87. The molecule has 0 rings (SSSR count). The van der Waals surface area contributed by atoms with Crippen LogP contribution >= 0.6 is 9.24 Å². The summed E-state index contributed by atoms with van der Waals surface area (Å²) in [4.78, 5) is 9.25. The Morgan fingerprint density at radius 1 is 1.80 bits per heavy atom. The van der Waals surface area contributed by atoms with Gasteiger partial charge in [0.05, 0.1) is 12.5 Å². The molecule has 0 fully saturated rings. The number of carboxylic acids is 1. The molecule has 2 unspecified atom stereocenters. The third-order valence-corrected chi connectivity index (χ3v) is 0.572. The van der Waals surface area contributed by atoms with Crippen LogP contribution in [0.1, 0.15) is 0 Å². The van der Waals surface area contributed by atoms with E-state index in [1.165, 1.54) is 0 Å². The Hall–Kier alpha value is -0.440. The summed E-state index contributed by atoms with van der Waals surface area (Å²) in [5.41, 5.74) is 0. The van der Waals surface area contributed by atoms with Crippen LogP contribution in [0, 0.1) is 0 Å². The monoisotopic (exact) mass is 166 g/mol. The molecular weight excluding hydrogens is 155 g/mol. The van der Waals surface area contributed by atoms with E-state index in [9.17, 15) is 4.79 Å². The highest BCUT2D eigenvalue weighted by atomic mass is 31.0. The molecule has 0 aromatic carbocycles. The van der Waals surface area contributed by atoms with Crippen LogP contribution in [0.3, 0.4) is 0 Å². The zero-order chi connectivity index (χ0) is 8.57. The first-order valence-corrected chi connectivity index (χ1v) is 3.11. The van der Waals surface area contributed by atoms with Crippen LogP contribution in [0.5, 0.6) is 0 Å². The molecule has 0 spiro atoms. The lowest BCUT2D eigenvalue weighted by molar-refractivity contribution is -0.131. The van der Waals surface area contributed by atoms with Gasteiger partial charge in [-0.2, -0.15) is 0 Å². The molecule has 0 saturated carbocycles. The molecule has 0 amide bonds. The van der Waals surface area contributed by atoms with E-state index < -0.39 is 11.8 Å². The van der Waals surface area contributed by atoms with E-state index in [2.05, 4.69) is 6.58 Å². The predicted molar refractivity (Wildman–Crippen MR) is 40.6 cm³/mol. The van der Waals surface area contributed by atoms with Crippen LogP contribution in [0.4, 0.5) is 0 Å². The standard InChI is InChI=1S/C3H4O2.C2H7O2P/c1-2-3(4)5;3-1-2(4)5/h2H,1H2,(H,4,5);2-4H,1,5H2. The number of carboxylic acid groups (broad SMARTS) is 1. The Labute approximate surface area is 61.4 Å². The fourth-order valence-electron chi connectivity index (χ4n) is 0. The topological polar surface area (TPSA) is 77.8 Å². The van der Waals surface area contributed by atoms with Crippen molar-refractivity contribution in [3.05, 3.63) is 12.7 Å². The lowest BCUT2D eigenvalue weighted by Crippen LogP contribution is -1.98. The number of aliphatic hydroxyl groups excluding tert-OH is 2. The van der Waals surface area contributed by atoms with Gasteiger partial charge in [-0.25, -0.2) is 4.79 Å². The Morgan fingerprint density at radius 2 is 2.00 bits per heavy atom. The molecule has 0 aliphatic carbocycles. The molecule has 60 valence electrons. The Balaban J connectivity index is 0. The number of aliphatic hydroxyl groups is 2. The summed E-state index contributed by atoms with van der Waals surface area (Å²) in [6, 6.07) is 0. The summed E-state index contributed by atoms with van der Waals surface area (Å²) < 4.78 is 0. The second-order valence-corrected chi connectivity index (χ2v) is 2.06. The number of rotatable bonds is 2. The first-order chi connectivity index (χ1) is 4.54. The molecule has 3 N–H and O–H groups in total. The van der Waals surface area contributed by atoms with Gasteiger partial charge in [0.1, 0.15) is 0 Å². The minimum absolute atomic E-state index is 0.176. The van der Waals surface area contributed by atoms with Crippen molar-refractivity contribution in [1.82, 2.24) is 0 Å². The molecule has 0 aliphatic heterocycles. The fourth-order valence-corrected chi connectivity index (χ4v) is 0. The second kappa shape index (κ2) is 8.56. The molecule has 0 aromatic rings. The average Bonchev–Trinajstić information content (AvgIpc) is 1.89. The lowest BCUT2D eigenvalue weighted by Gasteiger charge is -1.90. The van der Waals surface area contributed by atoms with Crippen molar-refractivity contribution in [2.45, 2.75) is 5.85 Å². The highest BCUT2D eigenvalue weighted by molar-refractivity contribution is 7.17. The van der Waals surface area contributed by atoms with Crippen molar-refractivity contribution >= 4 is 15.2 Å². The molecule has 0 aliphatic rings. The molecule has 5 heteroatoms. The van der Waals surface area contributed by atoms with E-state index in [0.29, 0.717) is 0 Å². The van der Waals surface area contributed by atoms with Crippen molar-refractivity contribution in [3.63, 3.8) is 0 Å². The minimum atomic E-state index is -0.981. The third kappa shape index (κ3) is 25.7. The van der Waals surface area contributed by atoms with E-state index >= 15 is 0 Å². The first kappa shape index (κ1) is 12.3. The minimum Gasteiger partial charge on any atom is -0.478 e. The van der Waals surface area contributed by atoms with Crippen molar-refractivity contribution in [2.75, 3.05) is 6.61 Å². The maximum atomic E-state index is 9.25. The fraction of sp³-hybridized carbons (Fsp3) is 0.400. The molecule has 0 saturated heterocycles. The van der Waals surface area contributed by atoms with E-state index in [0.717, 1.165) is 6.08 Å². The van der Waals surface area contributed by atoms with Crippen LogP contribution in [0.25, 0.3) is 0 Å². The SMILES string of the molecule is C=CC(=O)O.OCC(O)P. The summed E-state index contributed by atoms with van der Waals surface area (Å²) >= 11 is 0. The number of carbonyl (C=O) groups is 1. The average molecular weight is 166 g/mol. The molecule has 0 aromatic heterocycles. The summed E-state index contributed by atoms with van der Waals surface area (Å²) in [5.74, 6) is -1.62. The molecule has 10 heavy (non-hydrogen) atoms. The highest BCUT2D eigenvalue weighted by Gasteiger charge is 1.83. The van der Waals surface area contributed by atoms with E-state index in [-0.39, 0.29) is 6.61 Å². The van der Waals surface area contributed by atoms with Gasteiger partial charge in [-0.15, -0.1) is 9.24 Å². The number of hydrogen-bond acceptors (Lipinski definition) is 3. The van der Waals surface area contributed by atoms with Crippen LogP contribution < -0.4 is 0 Å². The molecule has 2 atom stereocenters. The smallest absolute Gasteiger partial charge is 0.327 e. The van der Waals surface area contributed by atoms with Crippen molar-refractivity contribution < 1.29 is 20.1 Å². The van der Waals surface area contributed by atoms with Gasteiger partial charge >= 0.3 is 5.97 Å². The van der Waals surface area contributed by atoms with Crippen LogP contribution in [-0.4, -0.2) is 33.7 Å².